The van der Waals surface area contributed by atoms with Crippen molar-refractivity contribution < 1.29 is 4.92 Å². The Morgan fingerprint density at radius 3 is 2.67 bits per heavy atom. The van der Waals surface area contributed by atoms with Crippen LogP contribution >= 0.6 is 24.0 Å². The highest BCUT2D eigenvalue weighted by Gasteiger charge is 2.26. The maximum atomic E-state index is 10.7. The first-order valence-electron chi connectivity index (χ1n) is 4.35. The molecule has 1 aliphatic rings. The predicted octanol–water partition coefficient (Wildman–Crippen LogP) is 2.70. The first-order valence-corrected chi connectivity index (χ1v) is 4.73. The van der Waals surface area contributed by atoms with E-state index in [2.05, 4.69) is 5.32 Å². The third-order valence-electron chi connectivity index (χ3n) is 2.39. The van der Waals surface area contributed by atoms with Crippen molar-refractivity contribution in [2.75, 3.05) is 6.54 Å². The first kappa shape index (κ1) is 12.2. The van der Waals surface area contributed by atoms with Gasteiger partial charge in [-0.05, 0) is 25.1 Å². The average molecular weight is 249 g/mol. The Bertz CT molecular complexity index is 380. The number of nitrogens with one attached hydrogen (secondary N) is 1. The second-order valence-corrected chi connectivity index (χ2v) is 3.69. The summed E-state index contributed by atoms with van der Waals surface area (Å²) in [6.07, 6.45) is 0.932. The van der Waals surface area contributed by atoms with E-state index in [1.165, 1.54) is 6.07 Å². The molecule has 15 heavy (non-hydrogen) atoms. The predicted molar refractivity (Wildman–Crippen MR) is 60.7 cm³/mol. The van der Waals surface area contributed by atoms with Gasteiger partial charge >= 0.3 is 0 Å². The van der Waals surface area contributed by atoms with E-state index in [0.717, 1.165) is 13.0 Å². The third kappa shape index (κ3) is 2.40. The third-order valence-corrected chi connectivity index (χ3v) is 2.62. The fourth-order valence-electron chi connectivity index (χ4n) is 1.52. The van der Waals surface area contributed by atoms with Crippen molar-refractivity contribution in [3.8, 4) is 0 Å². The van der Waals surface area contributed by atoms with Crippen LogP contribution < -0.4 is 5.32 Å². The van der Waals surface area contributed by atoms with Crippen LogP contribution in [0.15, 0.2) is 18.2 Å². The van der Waals surface area contributed by atoms with Gasteiger partial charge in [0, 0.05) is 22.7 Å². The Kier molecular flexibility index (Phi) is 3.90. The maximum absolute atomic E-state index is 10.7. The molecule has 82 valence electrons. The number of nitro benzene ring substituents is 1. The fourth-order valence-corrected chi connectivity index (χ4v) is 1.71. The zero-order valence-corrected chi connectivity index (χ0v) is 9.35. The first-order chi connectivity index (χ1) is 6.68. The van der Waals surface area contributed by atoms with E-state index in [0.29, 0.717) is 10.6 Å². The van der Waals surface area contributed by atoms with Gasteiger partial charge in [-0.2, -0.15) is 0 Å². The van der Waals surface area contributed by atoms with Crippen molar-refractivity contribution in [1.82, 2.24) is 5.32 Å². The number of nitrogens with zero attached hydrogens (tertiary/aromatic N) is 1. The number of benzene rings is 1. The fraction of sp³-hybridized carbons (Fsp3) is 0.333. The molecule has 0 spiro atoms. The maximum Gasteiger partial charge on any atom is 0.274 e. The molecule has 0 radical (unpaired) electrons. The van der Waals surface area contributed by atoms with Crippen LogP contribution in [-0.4, -0.2) is 11.5 Å². The lowest BCUT2D eigenvalue weighted by molar-refractivity contribution is -0.385. The van der Waals surface area contributed by atoms with Crippen molar-refractivity contribution in [2.24, 2.45) is 0 Å². The molecule has 1 aromatic carbocycles. The van der Waals surface area contributed by atoms with Gasteiger partial charge in [-0.15, -0.1) is 12.4 Å². The Morgan fingerprint density at radius 1 is 1.53 bits per heavy atom. The van der Waals surface area contributed by atoms with E-state index >= 15 is 0 Å². The van der Waals surface area contributed by atoms with Gasteiger partial charge in [-0.25, -0.2) is 0 Å². The van der Waals surface area contributed by atoms with Gasteiger partial charge in [0.25, 0.3) is 5.69 Å². The molecule has 0 aliphatic carbocycles. The molecule has 0 aromatic heterocycles. The molecular weight excluding hydrogens is 239 g/mol. The van der Waals surface area contributed by atoms with E-state index in [1.54, 1.807) is 12.1 Å². The smallest absolute Gasteiger partial charge is 0.274 e. The Labute approximate surface area is 98.2 Å². The molecule has 0 bridgehead atoms. The quantitative estimate of drug-likeness (QED) is 0.647. The van der Waals surface area contributed by atoms with Crippen molar-refractivity contribution in [2.45, 2.75) is 12.5 Å². The molecule has 6 heteroatoms. The molecule has 2 rings (SSSR count). The summed E-state index contributed by atoms with van der Waals surface area (Å²) in [6, 6.07) is 4.75. The molecule has 4 nitrogen and oxygen atoms in total. The highest BCUT2D eigenvalue weighted by Crippen LogP contribution is 2.32. The summed E-state index contributed by atoms with van der Waals surface area (Å²) in [5.41, 5.74) is 0.834. The molecule has 1 heterocycles. The standard InChI is InChI=1S/C9H9ClN2O2.ClH/c10-6-1-2-9(12(13)14)7(5-6)8-3-4-11-8;/h1-2,5,8,11H,3-4H2;1H/t8-;/m1./s1. The average Bonchev–Trinajstić information content (AvgIpc) is 2.00. The van der Waals surface area contributed by atoms with E-state index in [9.17, 15) is 10.1 Å². The molecule has 1 aromatic rings. The van der Waals surface area contributed by atoms with Crippen LogP contribution in [0, 0.1) is 10.1 Å². The number of hydrogen-bond acceptors (Lipinski definition) is 3. The van der Waals surface area contributed by atoms with E-state index in [4.69, 9.17) is 11.6 Å². The second-order valence-electron chi connectivity index (χ2n) is 3.26. The molecule has 1 N–H and O–H groups in total. The molecule has 1 saturated heterocycles. The topological polar surface area (TPSA) is 55.2 Å². The molecule has 0 saturated carbocycles. The van der Waals surface area contributed by atoms with Crippen molar-refractivity contribution >= 4 is 29.7 Å². The minimum absolute atomic E-state index is 0. The minimum Gasteiger partial charge on any atom is -0.310 e. The summed E-state index contributed by atoms with van der Waals surface area (Å²) in [6.45, 7) is 0.911. The number of nitro groups is 1. The minimum atomic E-state index is -0.369. The summed E-state index contributed by atoms with van der Waals surface area (Å²) in [7, 11) is 0. The Morgan fingerprint density at radius 2 is 2.20 bits per heavy atom. The second kappa shape index (κ2) is 4.79. The van der Waals surface area contributed by atoms with Gasteiger partial charge in [0.1, 0.15) is 0 Å². The molecule has 1 fully saturated rings. The largest absolute Gasteiger partial charge is 0.310 e. The van der Waals surface area contributed by atoms with Crippen molar-refractivity contribution in [1.29, 1.82) is 0 Å². The number of hydrogen-bond donors (Lipinski definition) is 1. The van der Waals surface area contributed by atoms with Crippen LogP contribution in [0.1, 0.15) is 18.0 Å². The van der Waals surface area contributed by atoms with Crippen LogP contribution in [-0.2, 0) is 0 Å². The molecule has 0 unspecified atom stereocenters. The van der Waals surface area contributed by atoms with Gasteiger partial charge in [0.05, 0.1) is 4.92 Å². The monoisotopic (exact) mass is 248 g/mol. The summed E-state index contributed by atoms with van der Waals surface area (Å²) in [5, 5.41) is 14.4. The van der Waals surface area contributed by atoms with Crippen LogP contribution in [0.2, 0.25) is 5.02 Å². The summed E-state index contributed by atoms with van der Waals surface area (Å²) >= 11 is 5.80. The van der Waals surface area contributed by atoms with Gasteiger partial charge < -0.3 is 5.32 Å². The Balaban J connectivity index is 0.00000112. The molecular formula is C9H10Cl2N2O2. The zero-order chi connectivity index (χ0) is 10.1. The molecule has 0 amide bonds. The number of halogens is 2. The summed E-state index contributed by atoms with van der Waals surface area (Å²) < 4.78 is 0. The lowest BCUT2D eigenvalue weighted by atomic mass is 9.96. The highest BCUT2D eigenvalue weighted by molar-refractivity contribution is 6.30. The van der Waals surface area contributed by atoms with Gasteiger partial charge in [0.2, 0.25) is 0 Å². The Hall–Kier alpha value is -0.840. The van der Waals surface area contributed by atoms with Crippen molar-refractivity contribution in [3.05, 3.63) is 38.9 Å². The van der Waals surface area contributed by atoms with Gasteiger partial charge in [-0.3, -0.25) is 10.1 Å². The lowest BCUT2D eigenvalue weighted by Crippen LogP contribution is -2.35. The molecule has 1 atom stereocenters. The van der Waals surface area contributed by atoms with Crippen LogP contribution in [0.25, 0.3) is 0 Å². The SMILES string of the molecule is Cl.O=[N+]([O-])c1ccc(Cl)cc1[C@H]1CCN1. The summed E-state index contributed by atoms with van der Waals surface area (Å²) in [5.74, 6) is 0. The normalized spacial score (nSPS) is 18.9. The lowest BCUT2D eigenvalue weighted by Gasteiger charge is -2.27. The van der Waals surface area contributed by atoms with E-state index in [1.807, 2.05) is 0 Å². The van der Waals surface area contributed by atoms with Crippen molar-refractivity contribution in [3.63, 3.8) is 0 Å². The van der Waals surface area contributed by atoms with E-state index in [-0.39, 0.29) is 29.1 Å². The van der Waals surface area contributed by atoms with Gasteiger partial charge in [-0.1, -0.05) is 11.6 Å². The summed E-state index contributed by atoms with van der Waals surface area (Å²) in [4.78, 5) is 10.3. The van der Waals surface area contributed by atoms with Crippen LogP contribution in [0.4, 0.5) is 5.69 Å². The zero-order valence-electron chi connectivity index (χ0n) is 7.77. The van der Waals surface area contributed by atoms with E-state index < -0.39 is 0 Å². The van der Waals surface area contributed by atoms with Gasteiger partial charge in [0.15, 0.2) is 0 Å². The molecule has 1 aliphatic heterocycles. The van der Waals surface area contributed by atoms with Crippen LogP contribution in [0.5, 0.6) is 0 Å². The number of rotatable bonds is 2. The van der Waals surface area contributed by atoms with Crippen LogP contribution in [0.3, 0.4) is 0 Å². The highest BCUT2D eigenvalue weighted by atomic mass is 35.5.